The van der Waals surface area contributed by atoms with E-state index in [4.69, 9.17) is 5.26 Å². The number of nitrogens with one attached hydrogen (secondary N) is 1. The summed E-state index contributed by atoms with van der Waals surface area (Å²) in [5.74, 6) is 0. The summed E-state index contributed by atoms with van der Waals surface area (Å²) in [5.41, 5.74) is 2.22. The van der Waals surface area contributed by atoms with Gasteiger partial charge in [-0.05, 0) is 43.0 Å². The van der Waals surface area contributed by atoms with Crippen molar-refractivity contribution in [1.82, 2.24) is 0 Å². The molecule has 1 aromatic heterocycles. The van der Waals surface area contributed by atoms with E-state index in [2.05, 4.69) is 11.4 Å². The van der Waals surface area contributed by atoms with Crippen molar-refractivity contribution in [2.45, 2.75) is 25.8 Å². The molecule has 106 valence electrons. The Morgan fingerprint density at radius 3 is 2.95 bits per heavy atom. The molecule has 2 aromatic rings. The first-order chi connectivity index (χ1) is 10.2. The van der Waals surface area contributed by atoms with Gasteiger partial charge in [-0.25, -0.2) is 0 Å². The number of anilines is 1. The molecule has 1 heterocycles. The Balaban J connectivity index is 1.80. The van der Waals surface area contributed by atoms with Gasteiger partial charge in [0.1, 0.15) is 5.69 Å². The first kappa shape index (κ1) is 13.6. The normalized spacial score (nSPS) is 12.7. The molecule has 21 heavy (non-hydrogen) atoms. The maximum absolute atomic E-state index is 11.0. The zero-order valence-electron chi connectivity index (χ0n) is 11.3. The maximum Gasteiger partial charge on any atom is 0.292 e. The Kier molecular flexibility index (Phi) is 3.59. The second-order valence-corrected chi connectivity index (χ2v) is 6.19. The lowest BCUT2D eigenvalue weighted by atomic mass is 10.2. The number of nitriles is 1. The number of aryl methyl sites for hydroxylation is 2. The predicted molar refractivity (Wildman–Crippen MR) is 81.5 cm³/mol. The van der Waals surface area contributed by atoms with Crippen LogP contribution < -0.4 is 5.32 Å². The van der Waals surface area contributed by atoms with Crippen molar-refractivity contribution >= 4 is 22.7 Å². The smallest absolute Gasteiger partial charge is 0.292 e. The van der Waals surface area contributed by atoms with E-state index in [1.165, 1.54) is 39.9 Å². The standard InChI is InChI=1S/C15H13N3O2S/c16-8-10-4-5-14(18(19)20)13(6-10)17-9-12-7-11-2-1-3-15(11)21-12/h4-7,17H,1-3,9H2. The average molecular weight is 299 g/mol. The van der Waals surface area contributed by atoms with Gasteiger partial charge in [0.15, 0.2) is 0 Å². The van der Waals surface area contributed by atoms with Gasteiger partial charge in [0.2, 0.25) is 0 Å². The van der Waals surface area contributed by atoms with Crippen molar-refractivity contribution < 1.29 is 4.92 Å². The highest BCUT2D eigenvalue weighted by molar-refractivity contribution is 7.12. The third kappa shape index (κ3) is 2.73. The van der Waals surface area contributed by atoms with E-state index in [0.29, 0.717) is 17.8 Å². The molecule has 0 aliphatic heterocycles. The van der Waals surface area contributed by atoms with Gasteiger partial charge in [-0.15, -0.1) is 11.3 Å². The average Bonchev–Trinajstić information content (AvgIpc) is 3.05. The molecule has 0 unspecified atom stereocenters. The van der Waals surface area contributed by atoms with Crippen LogP contribution in [0.5, 0.6) is 0 Å². The molecule has 0 radical (unpaired) electrons. The van der Waals surface area contributed by atoms with Crippen LogP contribution in [0.4, 0.5) is 11.4 Å². The number of hydrogen-bond donors (Lipinski definition) is 1. The Morgan fingerprint density at radius 2 is 2.24 bits per heavy atom. The van der Waals surface area contributed by atoms with Crippen molar-refractivity contribution in [3.05, 3.63) is 55.3 Å². The highest BCUT2D eigenvalue weighted by Crippen LogP contribution is 2.32. The molecule has 0 bridgehead atoms. The first-order valence-corrected chi connectivity index (χ1v) is 7.52. The number of thiophene rings is 1. The fourth-order valence-corrected chi connectivity index (χ4v) is 3.77. The summed E-state index contributed by atoms with van der Waals surface area (Å²) in [7, 11) is 0. The topological polar surface area (TPSA) is 79.0 Å². The Hall–Kier alpha value is -2.39. The van der Waals surface area contributed by atoms with Gasteiger partial charge in [-0.1, -0.05) is 0 Å². The van der Waals surface area contributed by atoms with E-state index < -0.39 is 4.92 Å². The van der Waals surface area contributed by atoms with Crippen molar-refractivity contribution in [2.24, 2.45) is 0 Å². The van der Waals surface area contributed by atoms with Crippen LogP contribution in [0, 0.1) is 21.4 Å². The number of rotatable bonds is 4. The van der Waals surface area contributed by atoms with Crippen LogP contribution in [0.1, 0.15) is 27.3 Å². The summed E-state index contributed by atoms with van der Waals surface area (Å²) >= 11 is 1.77. The van der Waals surface area contributed by atoms with Crippen molar-refractivity contribution in [1.29, 1.82) is 5.26 Å². The van der Waals surface area contributed by atoms with Crippen molar-refractivity contribution in [2.75, 3.05) is 5.32 Å². The first-order valence-electron chi connectivity index (χ1n) is 6.70. The SMILES string of the molecule is N#Cc1ccc([N+](=O)[O-])c(NCc2cc3c(s2)CCC3)c1. The van der Waals surface area contributed by atoms with E-state index in [1.807, 2.05) is 6.07 Å². The maximum atomic E-state index is 11.0. The fraction of sp³-hybridized carbons (Fsp3) is 0.267. The molecule has 5 nitrogen and oxygen atoms in total. The van der Waals surface area contributed by atoms with E-state index in [-0.39, 0.29) is 5.69 Å². The second-order valence-electron chi connectivity index (χ2n) is 4.97. The summed E-state index contributed by atoms with van der Waals surface area (Å²) in [5, 5.41) is 23.0. The minimum absolute atomic E-state index is 0.00176. The van der Waals surface area contributed by atoms with Gasteiger partial charge in [0, 0.05) is 22.4 Å². The fourth-order valence-electron chi connectivity index (χ4n) is 2.57. The molecule has 1 N–H and O–H groups in total. The molecule has 3 rings (SSSR count). The highest BCUT2D eigenvalue weighted by atomic mass is 32.1. The molecule has 0 saturated carbocycles. The Bertz CT molecular complexity index is 724. The zero-order valence-corrected chi connectivity index (χ0v) is 12.1. The summed E-state index contributed by atoms with van der Waals surface area (Å²) < 4.78 is 0. The molecule has 0 fully saturated rings. The molecule has 6 heteroatoms. The van der Waals surface area contributed by atoms with Gasteiger partial charge in [0.05, 0.1) is 16.6 Å². The van der Waals surface area contributed by atoms with Gasteiger partial charge in [-0.3, -0.25) is 10.1 Å². The number of nitrogens with zero attached hydrogens (tertiary/aromatic N) is 2. The summed E-state index contributed by atoms with van der Waals surface area (Å²) in [6.07, 6.45) is 3.50. The molecular formula is C15H13N3O2S. The number of hydrogen-bond acceptors (Lipinski definition) is 5. The quantitative estimate of drug-likeness (QED) is 0.690. The van der Waals surface area contributed by atoms with E-state index in [9.17, 15) is 10.1 Å². The lowest BCUT2D eigenvalue weighted by Crippen LogP contribution is -2.02. The monoisotopic (exact) mass is 299 g/mol. The Labute approximate surface area is 126 Å². The van der Waals surface area contributed by atoms with Gasteiger partial charge in [0.25, 0.3) is 5.69 Å². The molecule has 1 aliphatic rings. The largest absolute Gasteiger partial charge is 0.375 e. The molecular weight excluding hydrogens is 286 g/mol. The summed E-state index contributed by atoms with van der Waals surface area (Å²) in [6.45, 7) is 0.549. The van der Waals surface area contributed by atoms with Crippen LogP contribution in [0.15, 0.2) is 24.3 Å². The molecule has 1 aromatic carbocycles. The minimum Gasteiger partial charge on any atom is -0.375 e. The zero-order chi connectivity index (χ0) is 14.8. The highest BCUT2D eigenvalue weighted by Gasteiger charge is 2.17. The number of benzene rings is 1. The third-order valence-electron chi connectivity index (χ3n) is 3.57. The number of nitro benzene ring substituents is 1. The second kappa shape index (κ2) is 5.54. The van der Waals surface area contributed by atoms with E-state index in [1.54, 1.807) is 11.3 Å². The minimum atomic E-state index is -0.433. The van der Waals surface area contributed by atoms with Crippen molar-refractivity contribution in [3.63, 3.8) is 0 Å². The van der Waals surface area contributed by atoms with E-state index in [0.717, 1.165) is 12.8 Å². The Morgan fingerprint density at radius 1 is 1.38 bits per heavy atom. The summed E-state index contributed by atoms with van der Waals surface area (Å²) in [6, 6.07) is 8.54. The molecule has 0 saturated heterocycles. The number of fused-ring (bicyclic) bond motifs is 1. The molecule has 0 atom stereocenters. The molecule has 1 aliphatic carbocycles. The summed E-state index contributed by atoms with van der Waals surface area (Å²) in [4.78, 5) is 13.2. The van der Waals surface area contributed by atoms with Crippen molar-refractivity contribution in [3.8, 4) is 6.07 Å². The lowest BCUT2D eigenvalue weighted by molar-refractivity contribution is -0.384. The predicted octanol–water partition coefficient (Wildman–Crippen LogP) is 3.63. The van der Waals surface area contributed by atoms with Crippen LogP contribution in [0.2, 0.25) is 0 Å². The van der Waals surface area contributed by atoms with Crippen LogP contribution in [-0.4, -0.2) is 4.92 Å². The molecule has 0 spiro atoms. The van der Waals surface area contributed by atoms with E-state index >= 15 is 0 Å². The van der Waals surface area contributed by atoms with Crippen LogP contribution in [0.25, 0.3) is 0 Å². The van der Waals surface area contributed by atoms with Gasteiger partial charge < -0.3 is 5.32 Å². The molecule has 0 amide bonds. The van der Waals surface area contributed by atoms with Gasteiger partial charge in [-0.2, -0.15) is 5.26 Å². The third-order valence-corrected chi connectivity index (χ3v) is 4.81. The van der Waals surface area contributed by atoms with Crippen LogP contribution in [0.3, 0.4) is 0 Å². The lowest BCUT2D eigenvalue weighted by Gasteiger charge is -2.06. The van der Waals surface area contributed by atoms with Crippen LogP contribution >= 0.6 is 11.3 Å². The van der Waals surface area contributed by atoms with Crippen LogP contribution in [-0.2, 0) is 19.4 Å². The van der Waals surface area contributed by atoms with Gasteiger partial charge >= 0.3 is 0 Å². The number of nitro groups is 1.